The second-order valence-electron chi connectivity index (χ2n) is 4.68. The van der Waals surface area contributed by atoms with Crippen LogP contribution in [0.5, 0.6) is 0 Å². The van der Waals surface area contributed by atoms with Crippen LogP contribution in [0.1, 0.15) is 19.8 Å². The summed E-state index contributed by atoms with van der Waals surface area (Å²) in [5.41, 5.74) is 0.470. The number of benzene rings is 1. The quantitative estimate of drug-likeness (QED) is 0.849. The molecule has 1 saturated heterocycles. The number of rotatable bonds is 4. The summed E-state index contributed by atoms with van der Waals surface area (Å²) in [5, 5.41) is 2.66. The van der Waals surface area contributed by atoms with Gasteiger partial charge in [0.05, 0.1) is 4.90 Å². The molecule has 0 aromatic heterocycles. The third kappa shape index (κ3) is 4.02. The van der Waals surface area contributed by atoms with Gasteiger partial charge in [-0.1, -0.05) is 0 Å². The summed E-state index contributed by atoms with van der Waals surface area (Å²) in [5.74, 6) is -0.907. The zero-order chi connectivity index (χ0) is 15.5. The molecular weight excluding hydrogens is 296 g/mol. The van der Waals surface area contributed by atoms with E-state index >= 15 is 0 Å². The van der Waals surface area contributed by atoms with Gasteiger partial charge in [0.1, 0.15) is 6.10 Å². The molecule has 114 valence electrons. The number of carbonyl (C=O) groups is 2. The third-order valence-electron chi connectivity index (χ3n) is 2.93. The van der Waals surface area contributed by atoms with E-state index in [1.165, 1.54) is 24.3 Å². The first-order chi connectivity index (χ1) is 9.88. The highest BCUT2D eigenvalue weighted by atomic mass is 32.2. The lowest BCUT2D eigenvalue weighted by atomic mass is 10.2. The third-order valence-corrected chi connectivity index (χ3v) is 4.38. The first kappa shape index (κ1) is 15.5. The summed E-state index contributed by atoms with van der Waals surface area (Å²) in [4.78, 5) is 22.6. The number of hydrogen-bond donors (Lipinski definition) is 2. The predicted octanol–water partition coefficient (Wildman–Crippen LogP) is 0.629. The Hall–Kier alpha value is -1.93. The Balaban J connectivity index is 2.05. The normalized spacial score (nSPS) is 18.2. The van der Waals surface area contributed by atoms with E-state index in [2.05, 4.69) is 5.32 Å². The van der Waals surface area contributed by atoms with Crippen LogP contribution < -0.4 is 10.0 Å². The van der Waals surface area contributed by atoms with Gasteiger partial charge in [-0.2, -0.15) is 0 Å². The van der Waals surface area contributed by atoms with Crippen molar-refractivity contribution in [3.8, 4) is 0 Å². The van der Waals surface area contributed by atoms with Gasteiger partial charge < -0.3 is 10.1 Å². The van der Waals surface area contributed by atoms with Crippen molar-refractivity contribution in [2.75, 3.05) is 11.9 Å². The maximum atomic E-state index is 11.8. The molecule has 2 rings (SSSR count). The molecule has 2 amide bonds. The van der Waals surface area contributed by atoms with E-state index < -0.39 is 22.0 Å². The Morgan fingerprint density at radius 3 is 2.43 bits per heavy atom. The summed E-state index contributed by atoms with van der Waals surface area (Å²) >= 11 is 0. The second-order valence-corrected chi connectivity index (χ2v) is 6.36. The van der Waals surface area contributed by atoms with Crippen LogP contribution in [0.2, 0.25) is 0 Å². The van der Waals surface area contributed by atoms with Crippen molar-refractivity contribution in [2.24, 2.45) is 0 Å². The molecule has 2 N–H and O–H groups in total. The summed E-state index contributed by atoms with van der Waals surface area (Å²) in [6.45, 7) is 1.69. The van der Waals surface area contributed by atoms with Gasteiger partial charge in [0, 0.05) is 19.2 Å². The molecule has 21 heavy (non-hydrogen) atoms. The van der Waals surface area contributed by atoms with Crippen LogP contribution in [-0.4, -0.2) is 32.9 Å². The van der Waals surface area contributed by atoms with Crippen LogP contribution >= 0.6 is 0 Å². The van der Waals surface area contributed by atoms with Gasteiger partial charge in [0.25, 0.3) is 15.9 Å². The smallest absolute Gasteiger partial charge is 0.264 e. The molecular formula is C13H16N2O5S. The minimum Gasteiger partial charge on any atom is -0.368 e. The van der Waals surface area contributed by atoms with Gasteiger partial charge in [0.15, 0.2) is 0 Å². The van der Waals surface area contributed by atoms with Crippen molar-refractivity contribution in [3.05, 3.63) is 24.3 Å². The average Bonchev–Trinajstić information content (AvgIpc) is 2.91. The number of amides is 2. The highest BCUT2D eigenvalue weighted by Gasteiger charge is 2.23. The highest BCUT2D eigenvalue weighted by molar-refractivity contribution is 7.90. The topological polar surface area (TPSA) is 102 Å². The van der Waals surface area contributed by atoms with Gasteiger partial charge >= 0.3 is 0 Å². The van der Waals surface area contributed by atoms with Crippen molar-refractivity contribution < 1.29 is 22.7 Å². The Morgan fingerprint density at radius 1 is 1.24 bits per heavy atom. The van der Waals surface area contributed by atoms with Crippen molar-refractivity contribution >= 4 is 27.5 Å². The van der Waals surface area contributed by atoms with Gasteiger partial charge in [-0.05, 0) is 37.1 Å². The van der Waals surface area contributed by atoms with Gasteiger partial charge in [0.2, 0.25) is 5.91 Å². The fourth-order valence-electron chi connectivity index (χ4n) is 1.97. The molecule has 1 aromatic rings. The minimum absolute atomic E-state index is 0.0483. The van der Waals surface area contributed by atoms with Gasteiger partial charge in [-0.25, -0.2) is 13.1 Å². The van der Waals surface area contributed by atoms with Crippen molar-refractivity contribution in [1.29, 1.82) is 0 Å². The molecule has 1 aromatic carbocycles. The first-order valence-corrected chi connectivity index (χ1v) is 7.93. The summed E-state index contributed by atoms with van der Waals surface area (Å²) in [7, 11) is -3.86. The van der Waals surface area contributed by atoms with E-state index in [1.54, 1.807) is 0 Å². The average molecular weight is 312 g/mol. The molecule has 1 aliphatic rings. The zero-order valence-electron chi connectivity index (χ0n) is 11.5. The molecule has 1 fully saturated rings. The van der Waals surface area contributed by atoms with Gasteiger partial charge in [-0.3, -0.25) is 9.59 Å². The number of anilines is 1. The molecule has 0 radical (unpaired) electrons. The van der Waals surface area contributed by atoms with Crippen LogP contribution in [-0.2, 0) is 24.3 Å². The molecule has 1 atom stereocenters. The molecule has 0 aliphatic carbocycles. The van der Waals surface area contributed by atoms with Gasteiger partial charge in [-0.15, -0.1) is 0 Å². The Kier molecular flexibility index (Phi) is 4.59. The first-order valence-electron chi connectivity index (χ1n) is 6.44. The molecule has 1 heterocycles. The summed E-state index contributed by atoms with van der Waals surface area (Å²) in [6.07, 6.45) is 1.08. The van der Waals surface area contributed by atoms with Crippen LogP contribution in [0, 0.1) is 0 Å². The summed E-state index contributed by atoms with van der Waals surface area (Å²) < 4.78 is 30.6. The van der Waals surface area contributed by atoms with E-state index in [0.29, 0.717) is 18.7 Å². The fourth-order valence-corrected chi connectivity index (χ4v) is 2.96. The van der Waals surface area contributed by atoms with Crippen LogP contribution in [0.15, 0.2) is 29.2 Å². The monoisotopic (exact) mass is 312 g/mol. The zero-order valence-corrected chi connectivity index (χ0v) is 12.3. The van der Waals surface area contributed by atoms with Crippen LogP contribution in [0.4, 0.5) is 5.69 Å². The van der Waals surface area contributed by atoms with E-state index in [0.717, 1.165) is 13.3 Å². The molecule has 0 bridgehead atoms. The van der Waals surface area contributed by atoms with Crippen LogP contribution in [0.25, 0.3) is 0 Å². The van der Waals surface area contributed by atoms with E-state index in [9.17, 15) is 18.0 Å². The Bertz CT molecular complexity index is 633. The SMILES string of the molecule is CC(=O)NS(=O)(=O)c1ccc(NC(=O)C2CCCO2)cc1. The minimum atomic E-state index is -3.86. The Morgan fingerprint density at radius 2 is 1.90 bits per heavy atom. The van der Waals surface area contributed by atoms with Crippen molar-refractivity contribution in [2.45, 2.75) is 30.8 Å². The molecule has 1 aliphatic heterocycles. The maximum Gasteiger partial charge on any atom is 0.264 e. The summed E-state index contributed by atoms with van der Waals surface area (Å²) in [6, 6.07) is 5.55. The molecule has 8 heteroatoms. The molecule has 0 saturated carbocycles. The lowest BCUT2D eigenvalue weighted by molar-refractivity contribution is -0.124. The number of hydrogen-bond acceptors (Lipinski definition) is 5. The van der Waals surface area contributed by atoms with Crippen LogP contribution in [0.3, 0.4) is 0 Å². The largest absolute Gasteiger partial charge is 0.368 e. The standard InChI is InChI=1S/C13H16N2O5S/c1-9(16)15-21(18,19)11-6-4-10(5-7-11)14-13(17)12-3-2-8-20-12/h4-7,12H,2-3,8H2,1H3,(H,14,17)(H,15,16). The van der Waals surface area contributed by atoms with E-state index in [4.69, 9.17) is 4.74 Å². The lowest BCUT2D eigenvalue weighted by Crippen LogP contribution is -2.28. The fraction of sp³-hybridized carbons (Fsp3) is 0.385. The maximum absolute atomic E-state index is 11.8. The number of nitrogens with one attached hydrogen (secondary N) is 2. The number of sulfonamides is 1. The lowest BCUT2D eigenvalue weighted by Gasteiger charge is -2.11. The number of carbonyl (C=O) groups excluding carboxylic acids is 2. The predicted molar refractivity (Wildman–Crippen MR) is 75.0 cm³/mol. The number of ether oxygens (including phenoxy) is 1. The van der Waals surface area contributed by atoms with Crippen molar-refractivity contribution in [1.82, 2.24) is 4.72 Å². The molecule has 0 spiro atoms. The Labute approximate surface area is 122 Å². The van der Waals surface area contributed by atoms with Crippen molar-refractivity contribution in [3.63, 3.8) is 0 Å². The van der Waals surface area contributed by atoms with E-state index in [-0.39, 0.29) is 10.8 Å². The second kappa shape index (κ2) is 6.23. The highest BCUT2D eigenvalue weighted by Crippen LogP contribution is 2.17. The van der Waals surface area contributed by atoms with E-state index in [1.807, 2.05) is 4.72 Å². The molecule has 1 unspecified atom stereocenters. The molecule has 7 nitrogen and oxygen atoms in total.